The number of carbonyl (C=O) groups is 1. The van der Waals surface area contributed by atoms with Crippen molar-refractivity contribution in [1.82, 2.24) is 25.0 Å². The summed E-state index contributed by atoms with van der Waals surface area (Å²) in [5.41, 5.74) is 5.81. The predicted octanol–water partition coefficient (Wildman–Crippen LogP) is 3.74. The highest BCUT2D eigenvalue weighted by Gasteiger charge is 2.29. The van der Waals surface area contributed by atoms with Gasteiger partial charge in [0.25, 0.3) is 5.91 Å². The number of nitrogens with one attached hydrogen (secondary N) is 1. The van der Waals surface area contributed by atoms with Crippen LogP contribution in [0.1, 0.15) is 38.6 Å². The standard InChI is InChI=1S/C29H29N5O3/c35-29(31-17-23-10-4-5-14-30-23)27-24-19-33(18-22-9-6-11-26-28(22)37-20-36-26)15-13-25(24)34(32-27)16-12-21-7-2-1-3-8-21/h1-11,14H,12-13,15-20H2,(H,31,35). The Morgan fingerprint density at radius 2 is 1.89 bits per heavy atom. The maximum absolute atomic E-state index is 13.3. The van der Waals surface area contributed by atoms with Gasteiger partial charge in [0, 0.05) is 55.6 Å². The average molecular weight is 496 g/mol. The van der Waals surface area contributed by atoms with Gasteiger partial charge in [-0.15, -0.1) is 0 Å². The minimum atomic E-state index is -0.167. The summed E-state index contributed by atoms with van der Waals surface area (Å²) in [5, 5.41) is 7.85. The average Bonchev–Trinajstić information content (AvgIpc) is 3.57. The Bertz CT molecular complexity index is 1390. The molecule has 0 unspecified atom stereocenters. The van der Waals surface area contributed by atoms with Crippen LogP contribution in [0.4, 0.5) is 0 Å². The summed E-state index contributed by atoms with van der Waals surface area (Å²) in [5.74, 6) is 1.44. The molecule has 0 aliphatic carbocycles. The monoisotopic (exact) mass is 495 g/mol. The van der Waals surface area contributed by atoms with Crippen LogP contribution in [-0.2, 0) is 39.0 Å². The van der Waals surface area contributed by atoms with Crippen molar-refractivity contribution >= 4 is 5.91 Å². The Hall–Kier alpha value is -4.17. The second-order valence-corrected chi connectivity index (χ2v) is 9.35. The number of benzene rings is 2. The van der Waals surface area contributed by atoms with Gasteiger partial charge in [-0.25, -0.2) is 0 Å². The second kappa shape index (κ2) is 10.4. The van der Waals surface area contributed by atoms with Gasteiger partial charge in [0.2, 0.25) is 6.79 Å². The lowest BCUT2D eigenvalue weighted by atomic mass is 10.0. The van der Waals surface area contributed by atoms with Crippen LogP contribution in [0.3, 0.4) is 0 Å². The molecule has 0 bridgehead atoms. The molecule has 6 rings (SSSR count). The number of hydrogen-bond donors (Lipinski definition) is 1. The van der Waals surface area contributed by atoms with Gasteiger partial charge in [-0.3, -0.25) is 19.4 Å². The third kappa shape index (κ3) is 5.06. The Morgan fingerprint density at radius 1 is 1.00 bits per heavy atom. The third-order valence-corrected chi connectivity index (χ3v) is 6.91. The largest absolute Gasteiger partial charge is 0.454 e. The first-order valence-corrected chi connectivity index (χ1v) is 12.6. The molecule has 0 saturated heterocycles. The highest BCUT2D eigenvalue weighted by Crippen LogP contribution is 2.36. The molecule has 0 spiro atoms. The summed E-state index contributed by atoms with van der Waals surface area (Å²) in [6, 6.07) is 22.1. The fourth-order valence-electron chi connectivity index (χ4n) is 5.04. The van der Waals surface area contributed by atoms with E-state index in [1.165, 1.54) is 5.56 Å². The van der Waals surface area contributed by atoms with Crippen molar-refractivity contribution in [2.24, 2.45) is 0 Å². The number of carbonyl (C=O) groups excluding carboxylic acids is 1. The summed E-state index contributed by atoms with van der Waals surface area (Å²) < 4.78 is 13.3. The Morgan fingerprint density at radius 3 is 2.76 bits per heavy atom. The zero-order valence-electron chi connectivity index (χ0n) is 20.6. The molecule has 2 aliphatic rings. The van der Waals surface area contributed by atoms with Crippen LogP contribution in [0.2, 0.25) is 0 Å². The number of para-hydroxylation sites is 1. The maximum atomic E-state index is 13.3. The summed E-state index contributed by atoms with van der Waals surface area (Å²) in [7, 11) is 0. The van der Waals surface area contributed by atoms with Gasteiger partial charge in [0.05, 0.1) is 12.2 Å². The van der Waals surface area contributed by atoms with Gasteiger partial charge >= 0.3 is 0 Å². The van der Waals surface area contributed by atoms with Gasteiger partial charge in [-0.05, 0) is 30.2 Å². The first kappa shape index (κ1) is 23.2. The molecular weight excluding hydrogens is 466 g/mol. The highest BCUT2D eigenvalue weighted by atomic mass is 16.7. The van der Waals surface area contributed by atoms with Crippen molar-refractivity contribution in [3.05, 3.63) is 107 Å². The third-order valence-electron chi connectivity index (χ3n) is 6.91. The lowest BCUT2D eigenvalue weighted by Gasteiger charge is -2.28. The number of hydrogen-bond acceptors (Lipinski definition) is 6. The summed E-state index contributed by atoms with van der Waals surface area (Å²) >= 11 is 0. The van der Waals surface area contributed by atoms with E-state index >= 15 is 0 Å². The van der Waals surface area contributed by atoms with Crippen LogP contribution in [0.5, 0.6) is 11.5 Å². The number of aryl methyl sites for hydroxylation is 2. The molecule has 0 atom stereocenters. The molecule has 1 amide bonds. The Labute approximate surface area is 215 Å². The number of rotatable bonds is 8. The Balaban J connectivity index is 1.23. The van der Waals surface area contributed by atoms with E-state index in [1.54, 1.807) is 6.20 Å². The number of nitrogens with zero attached hydrogens (tertiary/aromatic N) is 4. The lowest BCUT2D eigenvalue weighted by Crippen LogP contribution is -2.32. The molecule has 0 fully saturated rings. The number of amides is 1. The lowest BCUT2D eigenvalue weighted by molar-refractivity contribution is 0.0942. The van der Waals surface area contributed by atoms with Crippen molar-refractivity contribution in [2.45, 2.75) is 39.0 Å². The molecule has 2 aromatic heterocycles. The zero-order valence-corrected chi connectivity index (χ0v) is 20.6. The van der Waals surface area contributed by atoms with Gasteiger partial charge in [-0.1, -0.05) is 48.5 Å². The van der Waals surface area contributed by atoms with Crippen LogP contribution in [0, 0.1) is 0 Å². The number of pyridine rings is 1. The predicted molar refractivity (Wildman–Crippen MR) is 138 cm³/mol. The van der Waals surface area contributed by atoms with Gasteiger partial charge in [-0.2, -0.15) is 5.10 Å². The van der Waals surface area contributed by atoms with Crippen molar-refractivity contribution in [2.75, 3.05) is 13.3 Å². The van der Waals surface area contributed by atoms with E-state index in [9.17, 15) is 4.79 Å². The molecule has 2 aliphatic heterocycles. The van der Waals surface area contributed by atoms with Crippen LogP contribution in [0.25, 0.3) is 0 Å². The van der Waals surface area contributed by atoms with Crippen molar-refractivity contribution in [3.8, 4) is 11.5 Å². The number of fused-ring (bicyclic) bond motifs is 2. The van der Waals surface area contributed by atoms with E-state index in [0.717, 1.165) is 66.5 Å². The summed E-state index contributed by atoms with van der Waals surface area (Å²) in [4.78, 5) is 20.0. The van der Waals surface area contributed by atoms with Gasteiger partial charge < -0.3 is 14.8 Å². The quantitative estimate of drug-likeness (QED) is 0.401. The van der Waals surface area contributed by atoms with Crippen molar-refractivity contribution in [3.63, 3.8) is 0 Å². The van der Waals surface area contributed by atoms with E-state index in [4.69, 9.17) is 14.6 Å². The first-order chi connectivity index (χ1) is 18.2. The molecule has 0 radical (unpaired) electrons. The number of ether oxygens (including phenoxy) is 2. The molecule has 2 aromatic carbocycles. The molecule has 0 saturated carbocycles. The van der Waals surface area contributed by atoms with Crippen molar-refractivity contribution < 1.29 is 14.3 Å². The molecule has 4 heterocycles. The fraction of sp³-hybridized carbons (Fsp3) is 0.276. The van der Waals surface area contributed by atoms with Crippen LogP contribution in [0.15, 0.2) is 72.9 Å². The fourth-order valence-corrected chi connectivity index (χ4v) is 5.04. The molecule has 188 valence electrons. The topological polar surface area (TPSA) is 81.5 Å². The highest BCUT2D eigenvalue weighted by molar-refractivity contribution is 5.94. The van der Waals surface area contributed by atoms with Gasteiger partial charge in [0.1, 0.15) is 0 Å². The Kier molecular flexibility index (Phi) is 6.56. The smallest absolute Gasteiger partial charge is 0.272 e. The van der Waals surface area contributed by atoms with E-state index < -0.39 is 0 Å². The van der Waals surface area contributed by atoms with E-state index in [-0.39, 0.29) is 12.7 Å². The normalized spacial score (nSPS) is 14.4. The SMILES string of the molecule is O=C(NCc1ccccn1)c1nn(CCc2ccccc2)c2c1CN(Cc1cccc3c1OCO3)CC2. The molecule has 37 heavy (non-hydrogen) atoms. The summed E-state index contributed by atoms with van der Waals surface area (Å²) in [6.45, 7) is 3.60. The number of aromatic nitrogens is 3. The van der Waals surface area contributed by atoms with Crippen LogP contribution >= 0.6 is 0 Å². The van der Waals surface area contributed by atoms with E-state index in [0.29, 0.717) is 18.8 Å². The van der Waals surface area contributed by atoms with E-state index in [2.05, 4.69) is 45.5 Å². The summed E-state index contributed by atoms with van der Waals surface area (Å²) in [6.07, 6.45) is 3.42. The van der Waals surface area contributed by atoms with Crippen LogP contribution < -0.4 is 14.8 Å². The maximum Gasteiger partial charge on any atom is 0.272 e. The van der Waals surface area contributed by atoms with Crippen molar-refractivity contribution in [1.29, 1.82) is 0 Å². The van der Waals surface area contributed by atoms with E-state index in [1.807, 2.05) is 41.1 Å². The molecule has 8 nitrogen and oxygen atoms in total. The van der Waals surface area contributed by atoms with Gasteiger partial charge in [0.15, 0.2) is 17.2 Å². The molecule has 4 aromatic rings. The molecule has 8 heteroatoms. The van der Waals surface area contributed by atoms with Crippen LogP contribution in [-0.4, -0.2) is 38.9 Å². The minimum Gasteiger partial charge on any atom is -0.454 e. The minimum absolute atomic E-state index is 0.167. The zero-order chi connectivity index (χ0) is 25.0. The molecule has 1 N–H and O–H groups in total. The second-order valence-electron chi connectivity index (χ2n) is 9.35. The molecular formula is C29H29N5O3. The first-order valence-electron chi connectivity index (χ1n) is 12.6.